The molecule has 0 aliphatic carbocycles. The van der Waals surface area contributed by atoms with Crippen molar-refractivity contribution in [3.63, 3.8) is 0 Å². The summed E-state index contributed by atoms with van der Waals surface area (Å²) in [6, 6.07) is 5.25. The summed E-state index contributed by atoms with van der Waals surface area (Å²) >= 11 is 0. The molecule has 1 aliphatic heterocycles. The third kappa shape index (κ3) is 2.14. The van der Waals surface area contributed by atoms with Gasteiger partial charge in [-0.3, -0.25) is 4.79 Å². The molecule has 0 fully saturated rings. The molecule has 1 aliphatic rings. The van der Waals surface area contributed by atoms with E-state index < -0.39 is 0 Å². The van der Waals surface area contributed by atoms with Crippen LogP contribution in [-0.4, -0.2) is 18.9 Å². The highest BCUT2D eigenvalue weighted by Crippen LogP contribution is 2.31. The summed E-state index contributed by atoms with van der Waals surface area (Å²) in [7, 11) is 1.34. The van der Waals surface area contributed by atoms with E-state index in [4.69, 9.17) is 9.47 Å². The predicted molar refractivity (Wildman–Crippen MR) is 65.5 cm³/mol. The second-order valence-electron chi connectivity index (χ2n) is 4.18. The van der Waals surface area contributed by atoms with Crippen LogP contribution >= 0.6 is 0 Å². The number of carbonyl (C=O) groups excluding carboxylic acids is 2. The van der Waals surface area contributed by atoms with Crippen molar-refractivity contribution >= 4 is 11.8 Å². The normalized spacial score (nSPS) is 13.7. The zero-order valence-electron chi connectivity index (χ0n) is 10.6. The molecule has 0 amide bonds. The first kappa shape index (κ1) is 12.4. The number of Topliss-reactive ketones (excluding diaryl/α,β-unsaturated/α-hetero) is 1. The monoisotopic (exact) mass is 246 g/mol. The topological polar surface area (TPSA) is 52.6 Å². The molecule has 94 valence electrons. The van der Waals surface area contributed by atoms with E-state index in [1.165, 1.54) is 14.0 Å². The molecule has 18 heavy (non-hydrogen) atoms. The van der Waals surface area contributed by atoms with Crippen LogP contribution in [0.25, 0.3) is 0 Å². The summed E-state index contributed by atoms with van der Waals surface area (Å²) in [6.07, 6.45) is 0.464. The van der Waals surface area contributed by atoms with Crippen molar-refractivity contribution in [1.29, 1.82) is 0 Å². The van der Waals surface area contributed by atoms with Gasteiger partial charge in [-0.2, -0.15) is 0 Å². The van der Waals surface area contributed by atoms with Crippen molar-refractivity contribution < 1.29 is 19.1 Å². The van der Waals surface area contributed by atoms with E-state index in [9.17, 15) is 9.59 Å². The Morgan fingerprint density at radius 1 is 1.33 bits per heavy atom. The number of allylic oxidation sites excluding steroid dienone is 1. The molecule has 0 spiro atoms. The van der Waals surface area contributed by atoms with E-state index in [0.29, 0.717) is 29.1 Å². The molecule has 0 radical (unpaired) electrons. The standard InChI is InChI=1S/C14H14O4/c1-8(15)10-4-5-11-6-12(14(16)17-3)9(2)18-13(11)7-10/h4-5,7H,6H2,1-3H3. The lowest BCUT2D eigenvalue weighted by atomic mass is 9.98. The van der Waals surface area contributed by atoms with E-state index in [-0.39, 0.29) is 11.8 Å². The molecule has 1 heterocycles. The SMILES string of the molecule is COC(=O)C1=C(C)Oc2cc(C(C)=O)ccc2C1. The number of fused-ring (bicyclic) bond motifs is 1. The first-order valence-electron chi connectivity index (χ1n) is 5.62. The van der Waals surface area contributed by atoms with Gasteiger partial charge in [0.15, 0.2) is 5.78 Å². The van der Waals surface area contributed by atoms with Gasteiger partial charge in [-0.15, -0.1) is 0 Å². The molecule has 1 aromatic rings. The Morgan fingerprint density at radius 3 is 2.67 bits per heavy atom. The minimum atomic E-state index is -0.381. The molecule has 0 saturated carbocycles. The number of methoxy groups -OCH3 is 1. The molecule has 0 unspecified atom stereocenters. The summed E-state index contributed by atoms with van der Waals surface area (Å²) in [4.78, 5) is 22.8. The highest BCUT2D eigenvalue weighted by atomic mass is 16.5. The molecular formula is C14H14O4. The average molecular weight is 246 g/mol. The number of ether oxygens (including phenoxy) is 2. The van der Waals surface area contributed by atoms with Gasteiger partial charge < -0.3 is 9.47 Å². The third-order valence-corrected chi connectivity index (χ3v) is 2.96. The second-order valence-corrected chi connectivity index (χ2v) is 4.18. The van der Waals surface area contributed by atoms with Gasteiger partial charge in [0.05, 0.1) is 12.7 Å². The van der Waals surface area contributed by atoms with Crippen LogP contribution in [0.1, 0.15) is 29.8 Å². The molecule has 1 aromatic carbocycles. The molecule has 0 bridgehead atoms. The number of ketones is 1. The number of hydrogen-bond acceptors (Lipinski definition) is 4. The first-order chi connectivity index (χ1) is 8.52. The van der Waals surface area contributed by atoms with Crippen LogP contribution < -0.4 is 4.74 Å². The van der Waals surface area contributed by atoms with Crippen LogP contribution in [0, 0.1) is 0 Å². The van der Waals surface area contributed by atoms with E-state index in [1.54, 1.807) is 25.1 Å². The lowest BCUT2D eigenvalue weighted by Gasteiger charge is -2.20. The Kier molecular flexibility index (Phi) is 3.19. The molecule has 0 aromatic heterocycles. The molecular weight excluding hydrogens is 232 g/mol. The molecule has 0 N–H and O–H groups in total. The van der Waals surface area contributed by atoms with E-state index in [1.807, 2.05) is 0 Å². The Labute approximate surface area is 105 Å². The fourth-order valence-electron chi connectivity index (χ4n) is 1.90. The van der Waals surface area contributed by atoms with Crippen LogP contribution in [0.2, 0.25) is 0 Å². The quantitative estimate of drug-likeness (QED) is 0.593. The van der Waals surface area contributed by atoms with Crippen LogP contribution in [-0.2, 0) is 16.0 Å². The minimum absolute atomic E-state index is 0.0122. The highest BCUT2D eigenvalue weighted by molar-refractivity contribution is 5.95. The third-order valence-electron chi connectivity index (χ3n) is 2.96. The first-order valence-corrected chi connectivity index (χ1v) is 5.62. The van der Waals surface area contributed by atoms with Gasteiger partial charge in [-0.1, -0.05) is 12.1 Å². The number of benzene rings is 1. The summed E-state index contributed by atoms with van der Waals surface area (Å²) in [5, 5.41) is 0. The van der Waals surface area contributed by atoms with Gasteiger partial charge in [-0.05, 0) is 25.5 Å². The van der Waals surface area contributed by atoms with Gasteiger partial charge in [0.2, 0.25) is 0 Å². The molecule has 0 atom stereocenters. The Bertz CT molecular complexity index is 555. The molecule has 0 saturated heterocycles. The molecule has 4 nitrogen and oxygen atoms in total. The van der Waals surface area contributed by atoms with Crippen LogP contribution in [0.3, 0.4) is 0 Å². The number of esters is 1. The average Bonchev–Trinajstić information content (AvgIpc) is 2.36. The van der Waals surface area contributed by atoms with Gasteiger partial charge >= 0.3 is 5.97 Å². The summed E-state index contributed by atoms with van der Waals surface area (Å²) in [6.45, 7) is 3.22. The maximum absolute atomic E-state index is 11.5. The van der Waals surface area contributed by atoms with Crippen molar-refractivity contribution in [3.05, 3.63) is 40.7 Å². The van der Waals surface area contributed by atoms with Crippen molar-refractivity contribution in [2.24, 2.45) is 0 Å². The summed E-state index contributed by atoms with van der Waals surface area (Å²) < 4.78 is 10.3. The molecule has 2 rings (SSSR count). The van der Waals surface area contributed by atoms with Crippen LogP contribution in [0.15, 0.2) is 29.5 Å². The predicted octanol–water partition coefficient (Wildman–Crippen LogP) is 2.27. The Balaban J connectivity index is 2.37. The highest BCUT2D eigenvalue weighted by Gasteiger charge is 2.23. The van der Waals surface area contributed by atoms with Gasteiger partial charge in [0.1, 0.15) is 11.5 Å². The number of hydrogen-bond donors (Lipinski definition) is 0. The summed E-state index contributed by atoms with van der Waals surface area (Å²) in [5.41, 5.74) is 2.00. The van der Waals surface area contributed by atoms with E-state index >= 15 is 0 Å². The zero-order valence-corrected chi connectivity index (χ0v) is 10.6. The fraction of sp³-hybridized carbons (Fsp3) is 0.286. The second kappa shape index (κ2) is 4.64. The Hall–Kier alpha value is -2.10. The van der Waals surface area contributed by atoms with Crippen molar-refractivity contribution in [1.82, 2.24) is 0 Å². The smallest absolute Gasteiger partial charge is 0.337 e. The fourth-order valence-corrected chi connectivity index (χ4v) is 1.90. The van der Waals surface area contributed by atoms with Crippen LogP contribution in [0.4, 0.5) is 0 Å². The molecule has 4 heteroatoms. The summed E-state index contributed by atoms with van der Waals surface area (Å²) in [5.74, 6) is 0.762. The van der Waals surface area contributed by atoms with E-state index in [2.05, 4.69) is 0 Å². The van der Waals surface area contributed by atoms with Gasteiger partial charge in [-0.25, -0.2) is 4.79 Å². The lowest BCUT2D eigenvalue weighted by Crippen LogP contribution is -2.17. The zero-order chi connectivity index (χ0) is 13.3. The van der Waals surface area contributed by atoms with Crippen LogP contribution in [0.5, 0.6) is 5.75 Å². The van der Waals surface area contributed by atoms with Crippen molar-refractivity contribution in [3.8, 4) is 5.75 Å². The van der Waals surface area contributed by atoms with Crippen molar-refractivity contribution in [2.75, 3.05) is 7.11 Å². The number of rotatable bonds is 2. The van der Waals surface area contributed by atoms with Crippen molar-refractivity contribution in [2.45, 2.75) is 20.3 Å². The number of carbonyl (C=O) groups is 2. The minimum Gasteiger partial charge on any atom is -0.466 e. The van der Waals surface area contributed by atoms with Gasteiger partial charge in [0, 0.05) is 12.0 Å². The van der Waals surface area contributed by atoms with E-state index in [0.717, 1.165) is 5.56 Å². The lowest BCUT2D eigenvalue weighted by molar-refractivity contribution is -0.136. The largest absolute Gasteiger partial charge is 0.466 e. The maximum Gasteiger partial charge on any atom is 0.337 e. The van der Waals surface area contributed by atoms with Gasteiger partial charge in [0.25, 0.3) is 0 Å². The maximum atomic E-state index is 11.5. The Morgan fingerprint density at radius 2 is 2.06 bits per heavy atom.